The van der Waals surface area contributed by atoms with Gasteiger partial charge in [0.2, 0.25) is 0 Å². The standard InChI is InChI=1S/C12H12F3N5O/c13-12(14,15)8-1-3-9(4-2-8)18-11(21)19-10-7(5-16)6-17-20-10/h1-4,6H,5,16H2,(H3,17,18,19,20,21). The lowest BCUT2D eigenvalue weighted by Gasteiger charge is -2.09. The number of aromatic amines is 1. The lowest BCUT2D eigenvalue weighted by atomic mass is 10.2. The number of urea groups is 1. The number of nitrogens with one attached hydrogen (secondary N) is 3. The van der Waals surface area contributed by atoms with Crippen molar-refractivity contribution < 1.29 is 18.0 Å². The molecule has 0 radical (unpaired) electrons. The van der Waals surface area contributed by atoms with Crippen LogP contribution in [-0.2, 0) is 12.7 Å². The first-order valence-electron chi connectivity index (χ1n) is 5.87. The summed E-state index contributed by atoms with van der Waals surface area (Å²) in [6.07, 6.45) is -2.94. The van der Waals surface area contributed by atoms with Gasteiger partial charge in [0, 0.05) is 17.8 Å². The molecule has 0 aliphatic carbocycles. The first-order valence-corrected chi connectivity index (χ1v) is 5.87. The molecular weight excluding hydrogens is 287 g/mol. The molecule has 0 fully saturated rings. The van der Waals surface area contributed by atoms with Gasteiger partial charge < -0.3 is 11.1 Å². The van der Waals surface area contributed by atoms with E-state index in [9.17, 15) is 18.0 Å². The highest BCUT2D eigenvalue weighted by molar-refractivity contribution is 5.99. The summed E-state index contributed by atoms with van der Waals surface area (Å²) in [4.78, 5) is 11.7. The molecule has 2 amide bonds. The lowest BCUT2D eigenvalue weighted by molar-refractivity contribution is -0.137. The molecule has 0 aliphatic heterocycles. The fourth-order valence-electron chi connectivity index (χ4n) is 1.59. The number of carbonyl (C=O) groups excluding carboxylic acids is 1. The lowest BCUT2D eigenvalue weighted by Crippen LogP contribution is -2.20. The van der Waals surface area contributed by atoms with Crippen molar-refractivity contribution in [2.24, 2.45) is 5.73 Å². The SMILES string of the molecule is NCc1cn[nH]c1NC(=O)Nc1ccc(C(F)(F)F)cc1. The Hall–Kier alpha value is -2.55. The molecule has 21 heavy (non-hydrogen) atoms. The van der Waals surface area contributed by atoms with Crippen LogP contribution in [0.2, 0.25) is 0 Å². The van der Waals surface area contributed by atoms with Gasteiger partial charge >= 0.3 is 12.2 Å². The average molecular weight is 299 g/mol. The highest BCUT2D eigenvalue weighted by atomic mass is 19.4. The molecule has 5 N–H and O–H groups in total. The zero-order valence-electron chi connectivity index (χ0n) is 10.7. The van der Waals surface area contributed by atoms with E-state index in [1.165, 1.54) is 18.3 Å². The van der Waals surface area contributed by atoms with E-state index in [1.54, 1.807) is 0 Å². The van der Waals surface area contributed by atoms with Crippen LogP contribution >= 0.6 is 0 Å². The van der Waals surface area contributed by atoms with Gasteiger partial charge in [0.25, 0.3) is 0 Å². The largest absolute Gasteiger partial charge is 0.416 e. The molecule has 6 nitrogen and oxygen atoms in total. The molecule has 0 saturated carbocycles. The molecule has 0 aliphatic rings. The first kappa shape index (κ1) is 14.9. The molecule has 0 spiro atoms. The second-order valence-electron chi connectivity index (χ2n) is 4.13. The Balaban J connectivity index is 2.00. The van der Waals surface area contributed by atoms with Gasteiger partial charge in [0.1, 0.15) is 5.82 Å². The summed E-state index contributed by atoms with van der Waals surface area (Å²) in [5.41, 5.74) is 5.50. The normalized spacial score (nSPS) is 11.2. The maximum atomic E-state index is 12.4. The van der Waals surface area contributed by atoms with Gasteiger partial charge in [0.15, 0.2) is 0 Å². The second kappa shape index (κ2) is 5.83. The third kappa shape index (κ3) is 3.72. The van der Waals surface area contributed by atoms with Crippen LogP contribution in [0.1, 0.15) is 11.1 Å². The van der Waals surface area contributed by atoms with E-state index < -0.39 is 17.8 Å². The van der Waals surface area contributed by atoms with Crippen LogP contribution in [0.3, 0.4) is 0 Å². The molecule has 1 heterocycles. The zero-order valence-corrected chi connectivity index (χ0v) is 10.7. The number of carbonyl (C=O) groups is 1. The van der Waals surface area contributed by atoms with Gasteiger partial charge in [-0.15, -0.1) is 0 Å². The van der Waals surface area contributed by atoms with Crippen LogP contribution in [0.5, 0.6) is 0 Å². The minimum Gasteiger partial charge on any atom is -0.326 e. The molecule has 0 unspecified atom stereocenters. The molecule has 9 heteroatoms. The van der Waals surface area contributed by atoms with E-state index in [0.29, 0.717) is 11.4 Å². The van der Waals surface area contributed by atoms with E-state index in [1.807, 2.05) is 0 Å². The highest BCUT2D eigenvalue weighted by Crippen LogP contribution is 2.29. The van der Waals surface area contributed by atoms with Crippen LogP contribution in [0.25, 0.3) is 0 Å². The minimum absolute atomic E-state index is 0.187. The molecule has 0 saturated heterocycles. The molecule has 0 atom stereocenters. The van der Waals surface area contributed by atoms with E-state index in [2.05, 4.69) is 20.8 Å². The topological polar surface area (TPSA) is 95.8 Å². The fourth-order valence-corrected chi connectivity index (χ4v) is 1.59. The van der Waals surface area contributed by atoms with Crippen molar-refractivity contribution in [1.82, 2.24) is 10.2 Å². The maximum absolute atomic E-state index is 12.4. The number of aromatic nitrogens is 2. The Labute approximate surface area is 117 Å². The van der Waals surface area contributed by atoms with Gasteiger partial charge in [-0.2, -0.15) is 18.3 Å². The summed E-state index contributed by atoms with van der Waals surface area (Å²) < 4.78 is 37.2. The Kier molecular flexibility index (Phi) is 4.13. The summed E-state index contributed by atoms with van der Waals surface area (Å²) >= 11 is 0. The average Bonchev–Trinajstić information content (AvgIpc) is 2.85. The van der Waals surface area contributed by atoms with E-state index >= 15 is 0 Å². The molecule has 2 rings (SSSR count). The number of hydrogen-bond donors (Lipinski definition) is 4. The molecule has 1 aromatic heterocycles. The Morgan fingerprint density at radius 1 is 1.24 bits per heavy atom. The van der Waals surface area contributed by atoms with Crippen LogP contribution in [0.15, 0.2) is 30.5 Å². The van der Waals surface area contributed by atoms with Crippen molar-refractivity contribution >= 4 is 17.5 Å². The second-order valence-corrected chi connectivity index (χ2v) is 4.13. The number of amides is 2. The Morgan fingerprint density at radius 3 is 2.48 bits per heavy atom. The Morgan fingerprint density at radius 2 is 1.90 bits per heavy atom. The zero-order chi connectivity index (χ0) is 15.5. The summed E-state index contributed by atoms with van der Waals surface area (Å²) in [6, 6.07) is 3.49. The third-order valence-electron chi connectivity index (χ3n) is 2.65. The van der Waals surface area contributed by atoms with E-state index in [-0.39, 0.29) is 12.2 Å². The molecular formula is C12H12F3N5O. The number of anilines is 2. The third-order valence-corrected chi connectivity index (χ3v) is 2.65. The van der Waals surface area contributed by atoms with Gasteiger partial charge in [-0.25, -0.2) is 4.79 Å². The van der Waals surface area contributed by atoms with E-state index in [4.69, 9.17) is 5.73 Å². The fraction of sp³-hybridized carbons (Fsp3) is 0.167. The first-order chi connectivity index (χ1) is 9.90. The van der Waals surface area contributed by atoms with Crippen molar-refractivity contribution in [3.05, 3.63) is 41.6 Å². The van der Waals surface area contributed by atoms with E-state index in [0.717, 1.165) is 12.1 Å². The van der Waals surface area contributed by atoms with Gasteiger partial charge in [-0.1, -0.05) is 0 Å². The number of alkyl halides is 3. The van der Waals surface area contributed by atoms with Crippen molar-refractivity contribution in [2.75, 3.05) is 10.6 Å². The predicted octanol–water partition coefficient (Wildman–Crippen LogP) is 2.53. The van der Waals surface area contributed by atoms with Crippen molar-refractivity contribution in [3.8, 4) is 0 Å². The van der Waals surface area contributed by atoms with Crippen molar-refractivity contribution in [2.45, 2.75) is 12.7 Å². The number of H-pyrrole nitrogens is 1. The van der Waals surface area contributed by atoms with Gasteiger partial charge in [0.05, 0.1) is 11.8 Å². The van der Waals surface area contributed by atoms with Crippen LogP contribution in [0.4, 0.5) is 29.5 Å². The summed E-state index contributed by atoms with van der Waals surface area (Å²) in [5.74, 6) is 0.335. The molecule has 1 aromatic carbocycles. The molecule has 112 valence electrons. The van der Waals surface area contributed by atoms with Crippen molar-refractivity contribution in [3.63, 3.8) is 0 Å². The van der Waals surface area contributed by atoms with Crippen LogP contribution in [0, 0.1) is 0 Å². The predicted molar refractivity (Wildman–Crippen MR) is 70.6 cm³/mol. The monoisotopic (exact) mass is 299 g/mol. The number of benzene rings is 1. The number of nitrogens with two attached hydrogens (primary N) is 1. The summed E-state index contributed by atoms with van der Waals surface area (Å²) in [5, 5.41) is 11.1. The smallest absolute Gasteiger partial charge is 0.326 e. The summed E-state index contributed by atoms with van der Waals surface area (Å²) in [6.45, 7) is 0.187. The number of hydrogen-bond acceptors (Lipinski definition) is 3. The van der Waals surface area contributed by atoms with Crippen molar-refractivity contribution in [1.29, 1.82) is 0 Å². The van der Waals surface area contributed by atoms with Gasteiger partial charge in [-0.05, 0) is 24.3 Å². The van der Waals surface area contributed by atoms with Gasteiger partial charge in [-0.3, -0.25) is 10.4 Å². The number of nitrogens with zero attached hydrogens (tertiary/aromatic N) is 1. The molecule has 0 bridgehead atoms. The maximum Gasteiger partial charge on any atom is 0.416 e. The van der Waals surface area contributed by atoms with Crippen LogP contribution < -0.4 is 16.4 Å². The molecule has 2 aromatic rings. The Bertz CT molecular complexity index is 621. The number of rotatable bonds is 3. The summed E-state index contributed by atoms with van der Waals surface area (Å²) in [7, 11) is 0. The minimum atomic E-state index is -4.41. The number of halogens is 3. The quantitative estimate of drug-likeness (QED) is 0.701. The van der Waals surface area contributed by atoms with Crippen LogP contribution in [-0.4, -0.2) is 16.2 Å². The highest BCUT2D eigenvalue weighted by Gasteiger charge is 2.29.